The third-order valence-electron chi connectivity index (χ3n) is 11.6. The van der Waals surface area contributed by atoms with Gasteiger partial charge in [-0.15, -0.1) is 0 Å². The molecule has 0 amide bonds. The third-order valence-corrected chi connectivity index (χ3v) is 11.6. The maximum absolute atomic E-state index is 5.49. The molecule has 0 radical (unpaired) electrons. The van der Waals surface area contributed by atoms with Crippen LogP contribution < -0.4 is 18.9 Å². The van der Waals surface area contributed by atoms with Gasteiger partial charge in [0.2, 0.25) is 0 Å². The zero-order chi connectivity index (χ0) is 42.4. The van der Waals surface area contributed by atoms with Crippen LogP contribution in [0.5, 0.6) is 23.0 Å². The van der Waals surface area contributed by atoms with Gasteiger partial charge in [-0.3, -0.25) is 0 Å². The summed E-state index contributed by atoms with van der Waals surface area (Å²) in [7, 11) is 6.77. The molecule has 9 rings (SSSR count). The van der Waals surface area contributed by atoms with Crippen molar-refractivity contribution in [1.82, 2.24) is 0 Å². The van der Waals surface area contributed by atoms with Gasteiger partial charge in [0.1, 0.15) is 23.0 Å². The van der Waals surface area contributed by atoms with E-state index in [2.05, 4.69) is 158 Å². The van der Waals surface area contributed by atoms with Crippen LogP contribution in [0.1, 0.15) is 33.4 Å². The van der Waals surface area contributed by atoms with Gasteiger partial charge in [-0.25, -0.2) is 0 Å². The fraction of sp³-hybridized carbons (Fsp3) is 0.0690. The Kier molecular flexibility index (Phi) is 11.4. The Morgan fingerprint density at radius 1 is 0.290 bits per heavy atom. The van der Waals surface area contributed by atoms with Crippen LogP contribution in [-0.2, 0) is 0 Å². The van der Waals surface area contributed by atoms with E-state index >= 15 is 0 Å². The van der Waals surface area contributed by atoms with Crippen molar-refractivity contribution in [3.05, 3.63) is 228 Å². The normalized spacial score (nSPS) is 11.7. The molecule has 4 nitrogen and oxygen atoms in total. The minimum Gasteiger partial charge on any atom is -0.497 e. The van der Waals surface area contributed by atoms with Crippen molar-refractivity contribution in [2.75, 3.05) is 28.4 Å². The highest BCUT2D eigenvalue weighted by atomic mass is 16.5. The monoisotopic (exact) mass is 806 g/mol. The topological polar surface area (TPSA) is 36.9 Å². The van der Waals surface area contributed by atoms with Crippen molar-refractivity contribution in [3.63, 3.8) is 0 Å². The number of rotatable bonds is 12. The highest BCUT2D eigenvalue weighted by Gasteiger charge is 2.18. The van der Waals surface area contributed by atoms with Gasteiger partial charge >= 0.3 is 0 Å². The Hall–Kier alpha value is -7.82. The van der Waals surface area contributed by atoms with E-state index in [1.54, 1.807) is 28.4 Å². The lowest BCUT2D eigenvalue weighted by Crippen LogP contribution is -1.93. The van der Waals surface area contributed by atoms with E-state index in [0.717, 1.165) is 78.7 Å². The smallest absolute Gasteiger partial charge is 0.118 e. The highest BCUT2D eigenvalue weighted by molar-refractivity contribution is 6.21. The van der Waals surface area contributed by atoms with E-state index in [1.165, 1.54) is 32.7 Å². The van der Waals surface area contributed by atoms with Gasteiger partial charge in [0.15, 0.2) is 0 Å². The quantitative estimate of drug-likeness (QED) is 0.0910. The molecule has 62 heavy (non-hydrogen) atoms. The van der Waals surface area contributed by atoms with E-state index in [1.807, 2.05) is 48.5 Å². The third kappa shape index (κ3) is 8.07. The Morgan fingerprint density at radius 2 is 0.532 bits per heavy atom. The predicted molar refractivity (Wildman–Crippen MR) is 258 cm³/mol. The highest BCUT2D eigenvalue weighted by Crippen LogP contribution is 2.44. The molecule has 0 atom stereocenters. The van der Waals surface area contributed by atoms with Crippen molar-refractivity contribution in [3.8, 4) is 45.3 Å². The van der Waals surface area contributed by atoms with E-state index < -0.39 is 0 Å². The summed E-state index contributed by atoms with van der Waals surface area (Å²) in [6, 6.07) is 68.5. The van der Waals surface area contributed by atoms with Gasteiger partial charge in [0, 0.05) is 0 Å². The SMILES string of the molecule is COc1ccc(/C=C(\c2ccc(OC)cc2)c2ccc(-c3c4ccccc4c(-c4ccc(/C(=C/c5ccc(OC)cc5)c5ccc(OC)cc5)cc4)c4ccccc34)cc2)cc1. The van der Waals surface area contributed by atoms with Crippen LogP contribution in [0, 0.1) is 0 Å². The molecule has 0 heterocycles. The summed E-state index contributed by atoms with van der Waals surface area (Å²) in [6.07, 6.45) is 4.46. The summed E-state index contributed by atoms with van der Waals surface area (Å²) < 4.78 is 21.8. The predicted octanol–water partition coefficient (Wildman–Crippen LogP) is 14.5. The van der Waals surface area contributed by atoms with E-state index in [0.29, 0.717) is 0 Å². The van der Waals surface area contributed by atoms with Gasteiger partial charge in [-0.2, -0.15) is 0 Å². The van der Waals surface area contributed by atoms with E-state index in [9.17, 15) is 0 Å². The Balaban J connectivity index is 1.13. The summed E-state index contributed by atoms with van der Waals surface area (Å²) in [5, 5.41) is 4.84. The molecular formula is C58H46O4. The molecule has 0 aliphatic carbocycles. The molecule has 0 aliphatic rings. The van der Waals surface area contributed by atoms with Crippen molar-refractivity contribution >= 4 is 44.8 Å². The van der Waals surface area contributed by atoms with Crippen LogP contribution in [0.3, 0.4) is 0 Å². The zero-order valence-electron chi connectivity index (χ0n) is 35.3. The molecule has 0 fully saturated rings. The Morgan fingerprint density at radius 3 is 0.790 bits per heavy atom. The molecule has 9 aromatic rings. The average molecular weight is 807 g/mol. The summed E-state index contributed by atoms with van der Waals surface area (Å²) in [6.45, 7) is 0. The van der Waals surface area contributed by atoms with Crippen LogP contribution in [0.2, 0.25) is 0 Å². The number of methoxy groups -OCH3 is 4. The molecule has 0 N–H and O–H groups in total. The fourth-order valence-corrected chi connectivity index (χ4v) is 8.32. The number of hydrogen-bond donors (Lipinski definition) is 0. The molecule has 0 saturated heterocycles. The average Bonchev–Trinajstić information content (AvgIpc) is 3.35. The first-order valence-corrected chi connectivity index (χ1v) is 20.7. The van der Waals surface area contributed by atoms with Gasteiger partial charge in [0.05, 0.1) is 28.4 Å². The first-order chi connectivity index (χ1) is 30.5. The second kappa shape index (κ2) is 17.8. The summed E-state index contributed by atoms with van der Waals surface area (Å²) in [4.78, 5) is 0. The molecule has 0 unspecified atom stereocenters. The summed E-state index contributed by atoms with van der Waals surface area (Å²) >= 11 is 0. The van der Waals surface area contributed by atoms with Gasteiger partial charge in [-0.05, 0) is 149 Å². The standard InChI is InChI=1S/C58H46O4/c1-59-47-29-13-39(14-30-47)37-55(43-25-33-49(61-3)34-26-43)41-17-21-45(22-18-41)57-51-9-5-7-11-53(51)58(54-12-8-6-10-52(54)57)46-23-19-42(20-24-46)56(44-27-35-50(62-4)36-28-44)38-40-15-31-48(60-2)32-16-40/h5-38H,1-4H3/b55-37-,56-38-. The van der Waals surface area contributed by atoms with Crippen LogP contribution in [-0.4, -0.2) is 28.4 Å². The minimum absolute atomic E-state index is 0.825. The maximum Gasteiger partial charge on any atom is 0.118 e. The van der Waals surface area contributed by atoms with Crippen LogP contribution in [0.4, 0.5) is 0 Å². The molecule has 9 aromatic carbocycles. The molecule has 0 aliphatic heterocycles. The minimum atomic E-state index is 0.825. The molecule has 0 saturated carbocycles. The lowest BCUT2D eigenvalue weighted by molar-refractivity contribution is 0.414. The first kappa shape index (κ1) is 39.6. The van der Waals surface area contributed by atoms with Crippen molar-refractivity contribution in [2.45, 2.75) is 0 Å². The van der Waals surface area contributed by atoms with Crippen molar-refractivity contribution in [1.29, 1.82) is 0 Å². The first-order valence-electron chi connectivity index (χ1n) is 20.7. The Bertz CT molecular complexity index is 2770. The molecule has 0 bridgehead atoms. The molecular weight excluding hydrogens is 761 g/mol. The van der Waals surface area contributed by atoms with Gasteiger partial charge in [-0.1, -0.05) is 146 Å². The number of benzene rings is 9. The summed E-state index contributed by atoms with van der Waals surface area (Å²) in [5.41, 5.74) is 13.6. The number of fused-ring (bicyclic) bond motifs is 2. The second-order valence-electron chi connectivity index (χ2n) is 15.1. The second-order valence-corrected chi connectivity index (χ2v) is 15.1. The maximum atomic E-state index is 5.49. The van der Waals surface area contributed by atoms with Crippen molar-refractivity contribution < 1.29 is 18.9 Å². The number of ether oxygens (including phenoxy) is 4. The molecule has 4 heteroatoms. The lowest BCUT2D eigenvalue weighted by Gasteiger charge is -2.19. The van der Waals surface area contributed by atoms with Crippen LogP contribution in [0.15, 0.2) is 194 Å². The van der Waals surface area contributed by atoms with Gasteiger partial charge in [0.25, 0.3) is 0 Å². The summed E-state index contributed by atoms with van der Waals surface area (Å²) in [5.74, 6) is 3.31. The van der Waals surface area contributed by atoms with Crippen LogP contribution >= 0.6 is 0 Å². The van der Waals surface area contributed by atoms with Crippen molar-refractivity contribution in [2.24, 2.45) is 0 Å². The zero-order valence-corrected chi connectivity index (χ0v) is 35.3. The van der Waals surface area contributed by atoms with Gasteiger partial charge < -0.3 is 18.9 Å². The molecule has 0 aromatic heterocycles. The Labute approximate surface area is 363 Å². The lowest BCUT2D eigenvalue weighted by atomic mass is 9.85. The molecule has 0 spiro atoms. The largest absolute Gasteiger partial charge is 0.497 e. The van der Waals surface area contributed by atoms with Crippen LogP contribution in [0.25, 0.3) is 67.1 Å². The fourth-order valence-electron chi connectivity index (χ4n) is 8.32. The van der Waals surface area contributed by atoms with E-state index in [-0.39, 0.29) is 0 Å². The number of hydrogen-bond acceptors (Lipinski definition) is 4. The van der Waals surface area contributed by atoms with E-state index in [4.69, 9.17) is 18.9 Å². The molecule has 302 valence electrons.